The molecule has 1 aromatic heterocycles. The lowest BCUT2D eigenvalue weighted by Gasteiger charge is -2.13. The van der Waals surface area contributed by atoms with Crippen LogP contribution in [0.3, 0.4) is 0 Å². The summed E-state index contributed by atoms with van der Waals surface area (Å²) in [6.07, 6.45) is -5.49. The molecule has 28 heavy (non-hydrogen) atoms. The first-order chi connectivity index (χ1) is 13.2. The number of hydrogen-bond donors (Lipinski definition) is 2. The van der Waals surface area contributed by atoms with Crippen molar-refractivity contribution in [2.24, 2.45) is 0 Å². The van der Waals surface area contributed by atoms with Crippen LogP contribution in [0.5, 0.6) is 5.75 Å². The van der Waals surface area contributed by atoms with Crippen molar-refractivity contribution in [3.05, 3.63) is 64.9 Å². The molecule has 3 rings (SSSR count). The fraction of sp³-hybridized carbons (Fsp3) is 0.211. The lowest BCUT2D eigenvalue weighted by atomic mass is 10.2. The summed E-state index contributed by atoms with van der Waals surface area (Å²) in [5, 5.41) is 13.6. The molecule has 0 spiro atoms. The Kier molecular flexibility index (Phi) is 5.81. The number of halogens is 4. The van der Waals surface area contributed by atoms with E-state index in [4.69, 9.17) is 20.8 Å². The SMILES string of the molecule is O=C(NCC(O)COc1ccc(C(F)(F)F)cc1)c1cc2cc(Cl)ccc2o1. The van der Waals surface area contributed by atoms with Crippen molar-refractivity contribution in [1.82, 2.24) is 5.32 Å². The minimum atomic E-state index is -4.43. The number of furan rings is 1. The van der Waals surface area contributed by atoms with E-state index in [9.17, 15) is 23.1 Å². The van der Waals surface area contributed by atoms with Crippen molar-refractivity contribution in [2.75, 3.05) is 13.2 Å². The van der Waals surface area contributed by atoms with Gasteiger partial charge in [-0.25, -0.2) is 0 Å². The number of ether oxygens (including phenoxy) is 1. The van der Waals surface area contributed by atoms with E-state index < -0.39 is 23.8 Å². The first-order valence-electron chi connectivity index (χ1n) is 8.18. The fourth-order valence-corrected chi connectivity index (χ4v) is 2.60. The highest BCUT2D eigenvalue weighted by Crippen LogP contribution is 2.30. The van der Waals surface area contributed by atoms with Crippen LogP contribution < -0.4 is 10.1 Å². The summed E-state index contributed by atoms with van der Waals surface area (Å²) in [5.74, 6) is -0.290. The molecule has 5 nitrogen and oxygen atoms in total. The third-order valence-corrected chi connectivity index (χ3v) is 4.06. The van der Waals surface area contributed by atoms with Crippen molar-refractivity contribution in [3.8, 4) is 5.75 Å². The van der Waals surface area contributed by atoms with Crippen LogP contribution in [0.2, 0.25) is 5.02 Å². The highest BCUT2D eigenvalue weighted by Gasteiger charge is 2.30. The highest BCUT2D eigenvalue weighted by molar-refractivity contribution is 6.31. The van der Waals surface area contributed by atoms with Gasteiger partial charge >= 0.3 is 6.18 Å². The summed E-state index contributed by atoms with van der Waals surface area (Å²) < 4.78 is 48.1. The average Bonchev–Trinajstić information content (AvgIpc) is 3.07. The molecular weight excluding hydrogens is 399 g/mol. The zero-order valence-corrected chi connectivity index (χ0v) is 15.1. The number of carbonyl (C=O) groups is 1. The predicted octanol–water partition coefficient (Wildman–Crippen LogP) is 4.27. The number of nitrogens with one attached hydrogen (secondary N) is 1. The molecule has 1 atom stereocenters. The molecule has 0 fully saturated rings. The Morgan fingerprint density at radius 2 is 1.89 bits per heavy atom. The van der Waals surface area contributed by atoms with Crippen LogP contribution in [0.4, 0.5) is 13.2 Å². The van der Waals surface area contributed by atoms with E-state index in [1.165, 1.54) is 6.07 Å². The van der Waals surface area contributed by atoms with Crippen molar-refractivity contribution in [2.45, 2.75) is 12.3 Å². The van der Waals surface area contributed by atoms with Crippen molar-refractivity contribution >= 4 is 28.5 Å². The van der Waals surface area contributed by atoms with Crippen LogP contribution in [-0.4, -0.2) is 30.3 Å². The Morgan fingerprint density at radius 1 is 1.18 bits per heavy atom. The average molecular weight is 414 g/mol. The number of carbonyl (C=O) groups excluding carboxylic acids is 1. The fourth-order valence-electron chi connectivity index (χ4n) is 2.42. The molecule has 0 saturated carbocycles. The molecule has 0 bridgehead atoms. The Labute approximate surface area is 162 Å². The van der Waals surface area contributed by atoms with Crippen LogP contribution in [0.1, 0.15) is 16.1 Å². The number of aliphatic hydroxyl groups excluding tert-OH is 1. The summed E-state index contributed by atoms with van der Waals surface area (Å²) in [6.45, 7) is -0.335. The molecule has 9 heteroatoms. The third-order valence-electron chi connectivity index (χ3n) is 3.82. The summed E-state index contributed by atoms with van der Waals surface area (Å²) in [7, 11) is 0. The number of benzene rings is 2. The van der Waals surface area contributed by atoms with Crippen LogP contribution in [0.25, 0.3) is 11.0 Å². The van der Waals surface area contributed by atoms with Gasteiger partial charge in [0.1, 0.15) is 24.0 Å². The molecule has 0 aliphatic heterocycles. The van der Waals surface area contributed by atoms with E-state index >= 15 is 0 Å². The van der Waals surface area contributed by atoms with Gasteiger partial charge in [-0.05, 0) is 48.5 Å². The van der Waals surface area contributed by atoms with Crippen LogP contribution in [0, 0.1) is 0 Å². The second-order valence-corrected chi connectivity index (χ2v) is 6.43. The molecule has 0 aliphatic rings. The number of aliphatic hydroxyl groups is 1. The topological polar surface area (TPSA) is 71.7 Å². The van der Waals surface area contributed by atoms with Gasteiger partial charge in [-0.3, -0.25) is 4.79 Å². The quantitative estimate of drug-likeness (QED) is 0.633. The maximum absolute atomic E-state index is 12.5. The molecule has 1 amide bonds. The second-order valence-electron chi connectivity index (χ2n) is 5.99. The lowest BCUT2D eigenvalue weighted by Crippen LogP contribution is -2.35. The zero-order valence-electron chi connectivity index (χ0n) is 14.3. The number of alkyl halides is 3. The molecule has 2 aromatic carbocycles. The van der Waals surface area contributed by atoms with Crippen molar-refractivity contribution in [1.29, 1.82) is 0 Å². The third kappa shape index (κ3) is 4.96. The maximum atomic E-state index is 12.5. The van der Waals surface area contributed by atoms with E-state index in [0.717, 1.165) is 24.3 Å². The molecular formula is C19H15ClF3NO4. The van der Waals surface area contributed by atoms with Crippen molar-refractivity contribution in [3.63, 3.8) is 0 Å². The largest absolute Gasteiger partial charge is 0.491 e. The summed E-state index contributed by atoms with van der Waals surface area (Å²) >= 11 is 5.88. The predicted molar refractivity (Wildman–Crippen MR) is 96.5 cm³/mol. The van der Waals surface area contributed by atoms with E-state index in [1.54, 1.807) is 18.2 Å². The number of rotatable bonds is 6. The molecule has 0 saturated heterocycles. The summed E-state index contributed by atoms with van der Waals surface area (Å²) in [4.78, 5) is 12.1. The monoisotopic (exact) mass is 413 g/mol. The molecule has 1 heterocycles. The van der Waals surface area contributed by atoms with E-state index in [0.29, 0.717) is 16.0 Å². The molecule has 3 aromatic rings. The van der Waals surface area contributed by atoms with Gasteiger partial charge in [0, 0.05) is 17.0 Å². The minimum absolute atomic E-state index is 0.0631. The Bertz CT molecular complexity index is 969. The van der Waals surface area contributed by atoms with Gasteiger partial charge in [-0.2, -0.15) is 13.2 Å². The Morgan fingerprint density at radius 3 is 2.57 bits per heavy atom. The van der Waals surface area contributed by atoms with Gasteiger partial charge in [0.15, 0.2) is 5.76 Å². The second kappa shape index (κ2) is 8.12. The van der Waals surface area contributed by atoms with Crippen molar-refractivity contribution < 1.29 is 32.2 Å². The van der Waals surface area contributed by atoms with E-state index in [-0.39, 0.29) is 24.7 Å². The van der Waals surface area contributed by atoms with Crippen LogP contribution >= 0.6 is 11.6 Å². The summed E-state index contributed by atoms with van der Waals surface area (Å²) in [5.41, 5.74) is -0.291. The maximum Gasteiger partial charge on any atom is 0.416 e. The summed E-state index contributed by atoms with van der Waals surface area (Å²) in [6, 6.07) is 10.6. The van der Waals surface area contributed by atoms with E-state index in [2.05, 4.69) is 5.32 Å². The van der Waals surface area contributed by atoms with Gasteiger partial charge in [0.2, 0.25) is 0 Å². The lowest BCUT2D eigenvalue weighted by molar-refractivity contribution is -0.137. The van der Waals surface area contributed by atoms with Gasteiger partial charge in [-0.15, -0.1) is 0 Å². The molecule has 148 valence electrons. The van der Waals surface area contributed by atoms with Gasteiger partial charge < -0.3 is 19.6 Å². The standard InChI is InChI=1S/C19H15ClF3NO4/c20-13-3-6-16-11(7-13)8-17(28-16)18(26)24-9-14(25)10-27-15-4-1-12(2-5-15)19(21,22)23/h1-8,14,25H,9-10H2,(H,24,26). The first-order valence-corrected chi connectivity index (χ1v) is 8.55. The molecule has 2 N–H and O–H groups in total. The van der Waals surface area contributed by atoms with E-state index in [1.807, 2.05) is 0 Å². The number of hydrogen-bond acceptors (Lipinski definition) is 4. The Hall–Kier alpha value is -2.71. The molecule has 1 unspecified atom stereocenters. The smallest absolute Gasteiger partial charge is 0.416 e. The Balaban J connectivity index is 1.49. The normalized spacial score (nSPS) is 12.8. The minimum Gasteiger partial charge on any atom is -0.491 e. The molecule has 0 radical (unpaired) electrons. The van der Waals surface area contributed by atoms with Crippen LogP contribution in [0.15, 0.2) is 52.9 Å². The number of amides is 1. The van der Waals surface area contributed by atoms with Gasteiger partial charge in [0.05, 0.1) is 5.56 Å². The first kappa shape index (κ1) is 20.0. The van der Waals surface area contributed by atoms with Crippen LogP contribution in [-0.2, 0) is 6.18 Å². The van der Waals surface area contributed by atoms with Gasteiger partial charge in [-0.1, -0.05) is 11.6 Å². The zero-order chi connectivity index (χ0) is 20.3. The van der Waals surface area contributed by atoms with Gasteiger partial charge in [0.25, 0.3) is 5.91 Å². The highest BCUT2D eigenvalue weighted by atomic mass is 35.5. The number of fused-ring (bicyclic) bond motifs is 1. The molecule has 0 aliphatic carbocycles.